The molecule has 0 fully saturated rings. The lowest BCUT2D eigenvalue weighted by molar-refractivity contribution is -0.114. The third kappa shape index (κ3) is 3.66. The van der Waals surface area contributed by atoms with Crippen molar-refractivity contribution >= 4 is 28.7 Å². The fraction of sp³-hybridized carbons (Fsp3) is 0.444. The quantitative estimate of drug-likeness (QED) is 0.773. The topological polar surface area (TPSA) is 59.1 Å². The molecule has 14 heavy (non-hydrogen) atoms. The second-order valence-electron chi connectivity index (χ2n) is 2.27. The van der Waals surface area contributed by atoms with Crippen LogP contribution >= 0.6 is 11.3 Å². The zero-order valence-electron chi connectivity index (χ0n) is 8.75. The SMILES string of the molecule is CC.CC(=O)Nc1nc(C)c(C=O)s1.[HH]. The highest BCUT2D eigenvalue weighted by Gasteiger charge is 2.06. The molecular formula is C9H16N2O2S. The zero-order chi connectivity index (χ0) is 11.1. The monoisotopic (exact) mass is 216 g/mol. The molecule has 0 aliphatic heterocycles. The molecule has 5 heteroatoms. The van der Waals surface area contributed by atoms with Gasteiger partial charge in [0.1, 0.15) is 0 Å². The molecule has 1 amide bonds. The number of rotatable bonds is 2. The second-order valence-corrected chi connectivity index (χ2v) is 3.30. The Morgan fingerprint density at radius 3 is 2.50 bits per heavy atom. The van der Waals surface area contributed by atoms with Crippen molar-refractivity contribution in [3.8, 4) is 0 Å². The minimum absolute atomic E-state index is 0. The molecule has 1 heterocycles. The van der Waals surface area contributed by atoms with E-state index >= 15 is 0 Å². The van der Waals surface area contributed by atoms with Crippen molar-refractivity contribution in [1.82, 2.24) is 4.98 Å². The van der Waals surface area contributed by atoms with E-state index in [0.29, 0.717) is 15.7 Å². The molecular weight excluding hydrogens is 200 g/mol. The number of hydrogen-bond acceptors (Lipinski definition) is 4. The zero-order valence-corrected chi connectivity index (χ0v) is 9.57. The summed E-state index contributed by atoms with van der Waals surface area (Å²) in [6.07, 6.45) is 0.734. The van der Waals surface area contributed by atoms with Crippen LogP contribution < -0.4 is 5.32 Å². The van der Waals surface area contributed by atoms with E-state index in [9.17, 15) is 9.59 Å². The van der Waals surface area contributed by atoms with Gasteiger partial charge in [-0.1, -0.05) is 25.2 Å². The van der Waals surface area contributed by atoms with Crippen LogP contribution in [-0.2, 0) is 4.79 Å². The first kappa shape index (κ1) is 12.8. The van der Waals surface area contributed by atoms with Crippen molar-refractivity contribution in [1.29, 1.82) is 0 Å². The number of aromatic nitrogens is 1. The average molecular weight is 216 g/mol. The lowest BCUT2D eigenvalue weighted by Crippen LogP contribution is -2.04. The summed E-state index contributed by atoms with van der Waals surface area (Å²) in [6.45, 7) is 7.13. The van der Waals surface area contributed by atoms with Gasteiger partial charge in [-0.3, -0.25) is 9.59 Å². The van der Waals surface area contributed by atoms with Gasteiger partial charge in [-0.05, 0) is 6.92 Å². The Bertz CT molecular complexity index is 326. The van der Waals surface area contributed by atoms with Gasteiger partial charge < -0.3 is 5.32 Å². The first-order valence-electron chi connectivity index (χ1n) is 4.33. The standard InChI is InChI=1S/C7H8N2O2S.C2H6.H2/c1-4-6(3-10)12-7(8-4)9-5(2)11;1-2;/h3H,1-2H3,(H,8,9,11);1-2H3;1H. The summed E-state index contributed by atoms with van der Waals surface area (Å²) < 4.78 is 0. The summed E-state index contributed by atoms with van der Waals surface area (Å²) in [5, 5.41) is 2.98. The van der Waals surface area contributed by atoms with Crippen molar-refractivity contribution in [3.63, 3.8) is 0 Å². The molecule has 80 valence electrons. The van der Waals surface area contributed by atoms with E-state index in [1.807, 2.05) is 13.8 Å². The molecule has 1 aromatic rings. The highest BCUT2D eigenvalue weighted by molar-refractivity contribution is 7.17. The number of carbonyl (C=O) groups excluding carboxylic acids is 2. The molecule has 1 N–H and O–H groups in total. The average Bonchev–Trinajstić information content (AvgIpc) is 2.48. The lowest BCUT2D eigenvalue weighted by atomic mass is 10.4. The van der Waals surface area contributed by atoms with Crippen LogP contribution in [0.15, 0.2) is 0 Å². The van der Waals surface area contributed by atoms with Crippen LogP contribution in [0.4, 0.5) is 5.13 Å². The Balaban J connectivity index is 0. The van der Waals surface area contributed by atoms with Crippen molar-refractivity contribution in [3.05, 3.63) is 10.6 Å². The van der Waals surface area contributed by atoms with E-state index in [4.69, 9.17) is 0 Å². The van der Waals surface area contributed by atoms with E-state index < -0.39 is 0 Å². The van der Waals surface area contributed by atoms with Crippen LogP contribution in [0.3, 0.4) is 0 Å². The van der Waals surface area contributed by atoms with Gasteiger partial charge in [0.15, 0.2) is 11.4 Å². The van der Waals surface area contributed by atoms with Gasteiger partial charge in [0, 0.05) is 8.35 Å². The molecule has 0 saturated carbocycles. The number of aldehydes is 1. The molecule has 4 nitrogen and oxygen atoms in total. The molecule has 0 aromatic carbocycles. The molecule has 1 rings (SSSR count). The normalized spacial score (nSPS) is 8.57. The second kappa shape index (κ2) is 6.26. The summed E-state index contributed by atoms with van der Waals surface area (Å²) >= 11 is 1.18. The number of amides is 1. The summed E-state index contributed by atoms with van der Waals surface area (Å²) in [5.41, 5.74) is 0.652. The van der Waals surface area contributed by atoms with E-state index in [1.54, 1.807) is 6.92 Å². The van der Waals surface area contributed by atoms with Crippen molar-refractivity contribution in [2.24, 2.45) is 0 Å². The summed E-state index contributed by atoms with van der Waals surface area (Å²) in [7, 11) is 0. The smallest absolute Gasteiger partial charge is 0.223 e. The summed E-state index contributed by atoms with van der Waals surface area (Å²) in [6, 6.07) is 0. The maximum Gasteiger partial charge on any atom is 0.223 e. The van der Waals surface area contributed by atoms with Gasteiger partial charge in [-0.25, -0.2) is 4.98 Å². The largest absolute Gasteiger partial charge is 0.302 e. The number of nitrogens with one attached hydrogen (secondary N) is 1. The van der Waals surface area contributed by atoms with Gasteiger partial charge >= 0.3 is 0 Å². The number of carbonyl (C=O) groups is 2. The van der Waals surface area contributed by atoms with Gasteiger partial charge in [-0.15, -0.1) is 0 Å². The third-order valence-corrected chi connectivity index (χ3v) is 2.22. The van der Waals surface area contributed by atoms with Crippen molar-refractivity contribution in [2.45, 2.75) is 27.7 Å². The molecule has 0 unspecified atom stereocenters. The Morgan fingerprint density at radius 1 is 1.57 bits per heavy atom. The minimum atomic E-state index is -0.179. The van der Waals surface area contributed by atoms with Crippen molar-refractivity contribution < 1.29 is 11.0 Å². The number of anilines is 1. The first-order valence-corrected chi connectivity index (χ1v) is 5.15. The molecule has 0 spiro atoms. The number of thiazole rings is 1. The highest BCUT2D eigenvalue weighted by Crippen LogP contribution is 2.20. The fourth-order valence-electron chi connectivity index (χ4n) is 0.722. The molecule has 0 atom stereocenters. The third-order valence-electron chi connectivity index (χ3n) is 1.22. The van der Waals surface area contributed by atoms with Gasteiger partial charge in [0.05, 0.1) is 10.6 Å². The van der Waals surface area contributed by atoms with Crippen LogP contribution in [-0.4, -0.2) is 17.2 Å². The van der Waals surface area contributed by atoms with Crippen LogP contribution in [0.1, 0.15) is 37.6 Å². The van der Waals surface area contributed by atoms with Crippen LogP contribution in [0.25, 0.3) is 0 Å². The predicted molar refractivity (Wildman–Crippen MR) is 60.0 cm³/mol. The Hall–Kier alpha value is -1.23. The molecule has 0 aliphatic rings. The van der Waals surface area contributed by atoms with Crippen LogP contribution in [0.2, 0.25) is 0 Å². The van der Waals surface area contributed by atoms with E-state index in [-0.39, 0.29) is 7.33 Å². The Kier molecular flexibility index (Phi) is 5.71. The van der Waals surface area contributed by atoms with Gasteiger partial charge in [-0.2, -0.15) is 0 Å². The van der Waals surface area contributed by atoms with Gasteiger partial charge in [0.25, 0.3) is 0 Å². The number of aryl methyl sites for hydroxylation is 1. The van der Waals surface area contributed by atoms with Gasteiger partial charge in [0.2, 0.25) is 5.91 Å². The van der Waals surface area contributed by atoms with E-state index in [0.717, 1.165) is 6.29 Å². The molecule has 0 saturated heterocycles. The number of nitrogens with zero attached hydrogens (tertiary/aromatic N) is 1. The van der Waals surface area contributed by atoms with Crippen molar-refractivity contribution in [2.75, 3.05) is 5.32 Å². The molecule has 1 aromatic heterocycles. The Labute approximate surface area is 88.8 Å². The highest BCUT2D eigenvalue weighted by atomic mass is 32.1. The maximum absolute atomic E-state index is 10.6. The fourth-order valence-corrected chi connectivity index (χ4v) is 1.55. The first-order chi connectivity index (χ1) is 6.63. The minimum Gasteiger partial charge on any atom is -0.302 e. The predicted octanol–water partition coefficient (Wildman–Crippen LogP) is 2.49. The van der Waals surface area contributed by atoms with E-state index in [1.165, 1.54) is 18.3 Å². The molecule has 0 radical (unpaired) electrons. The van der Waals surface area contributed by atoms with Crippen LogP contribution in [0.5, 0.6) is 0 Å². The number of hydrogen-bond donors (Lipinski definition) is 1. The molecule has 0 aliphatic carbocycles. The summed E-state index contributed by atoms with van der Waals surface area (Å²) in [4.78, 5) is 25.5. The van der Waals surface area contributed by atoms with E-state index in [2.05, 4.69) is 10.3 Å². The summed E-state index contributed by atoms with van der Waals surface area (Å²) in [5.74, 6) is -0.179. The van der Waals surface area contributed by atoms with Crippen LogP contribution in [0, 0.1) is 6.92 Å². The lowest BCUT2D eigenvalue weighted by Gasteiger charge is -1.91. The maximum atomic E-state index is 10.6. The molecule has 0 bridgehead atoms. The Morgan fingerprint density at radius 2 is 2.14 bits per heavy atom.